The second-order valence-corrected chi connectivity index (χ2v) is 7.26. The molecule has 3 rings (SSSR count). The Labute approximate surface area is 171 Å². The third kappa shape index (κ3) is 4.06. The first kappa shape index (κ1) is 22.3. The molecule has 1 saturated heterocycles. The molecule has 8 heteroatoms. The minimum Gasteiger partial charge on any atom is -0.376 e. The van der Waals surface area contributed by atoms with Crippen molar-refractivity contribution in [1.29, 1.82) is 0 Å². The van der Waals surface area contributed by atoms with E-state index in [4.69, 9.17) is 10.5 Å². The van der Waals surface area contributed by atoms with Crippen LogP contribution in [0.25, 0.3) is 0 Å². The standard InChI is InChI=1S/C20H27N3O4.ClH/c1-3-20(4-2,12-21)22-17(24)13-7-8-15-16(10-13)19(26)23(18(15)25)11-14-6-5-9-27-14;/h7-8,10,14H,3-6,9,11-12,21H2,1-2H3,(H,22,24);1H. The van der Waals surface area contributed by atoms with Gasteiger partial charge in [0.05, 0.1) is 29.3 Å². The SMILES string of the molecule is CCC(CC)(CN)NC(=O)c1ccc2c(c1)C(=O)N(CC1CCCO1)C2=O.Cl. The maximum Gasteiger partial charge on any atom is 0.261 e. The highest BCUT2D eigenvalue weighted by molar-refractivity contribution is 6.22. The number of nitrogens with two attached hydrogens (primary N) is 1. The second-order valence-electron chi connectivity index (χ2n) is 7.26. The van der Waals surface area contributed by atoms with E-state index >= 15 is 0 Å². The van der Waals surface area contributed by atoms with Gasteiger partial charge < -0.3 is 15.8 Å². The van der Waals surface area contributed by atoms with Crippen LogP contribution < -0.4 is 11.1 Å². The Morgan fingerprint density at radius 3 is 2.50 bits per heavy atom. The lowest BCUT2D eigenvalue weighted by Crippen LogP contribution is -2.52. The predicted octanol–water partition coefficient (Wildman–Crippen LogP) is 2.13. The molecule has 2 aliphatic heterocycles. The summed E-state index contributed by atoms with van der Waals surface area (Å²) < 4.78 is 5.54. The Kier molecular flexibility index (Phi) is 7.20. The quantitative estimate of drug-likeness (QED) is 0.671. The molecule has 3 amide bonds. The molecule has 28 heavy (non-hydrogen) atoms. The number of hydrogen-bond donors (Lipinski definition) is 2. The van der Waals surface area contributed by atoms with E-state index in [1.54, 1.807) is 12.1 Å². The van der Waals surface area contributed by atoms with Gasteiger partial charge in [0.15, 0.2) is 0 Å². The summed E-state index contributed by atoms with van der Waals surface area (Å²) in [6.07, 6.45) is 3.10. The summed E-state index contributed by atoms with van der Waals surface area (Å²) in [6, 6.07) is 4.65. The molecule has 0 saturated carbocycles. The number of carbonyl (C=O) groups is 3. The normalized spacial score (nSPS) is 18.8. The average molecular weight is 410 g/mol. The molecule has 2 heterocycles. The fraction of sp³-hybridized carbons (Fsp3) is 0.550. The first-order valence-electron chi connectivity index (χ1n) is 9.59. The number of benzene rings is 1. The van der Waals surface area contributed by atoms with Crippen LogP contribution >= 0.6 is 12.4 Å². The number of ether oxygens (including phenoxy) is 1. The Bertz CT molecular complexity index is 750. The van der Waals surface area contributed by atoms with Gasteiger partial charge in [0.25, 0.3) is 17.7 Å². The molecule has 1 unspecified atom stereocenters. The minimum absolute atomic E-state index is 0. The average Bonchev–Trinajstić information content (AvgIpc) is 3.29. The predicted molar refractivity (Wildman–Crippen MR) is 108 cm³/mol. The molecule has 0 aliphatic carbocycles. The highest BCUT2D eigenvalue weighted by Crippen LogP contribution is 2.26. The van der Waals surface area contributed by atoms with E-state index in [1.807, 2.05) is 13.8 Å². The lowest BCUT2D eigenvalue weighted by Gasteiger charge is -2.31. The summed E-state index contributed by atoms with van der Waals surface area (Å²) >= 11 is 0. The van der Waals surface area contributed by atoms with E-state index in [1.165, 1.54) is 11.0 Å². The van der Waals surface area contributed by atoms with E-state index in [2.05, 4.69) is 5.32 Å². The van der Waals surface area contributed by atoms with E-state index in [0.717, 1.165) is 12.8 Å². The third-order valence-corrected chi connectivity index (χ3v) is 5.77. The lowest BCUT2D eigenvalue weighted by molar-refractivity contribution is 0.0475. The lowest BCUT2D eigenvalue weighted by atomic mass is 9.92. The van der Waals surface area contributed by atoms with Crippen molar-refractivity contribution in [2.45, 2.75) is 51.2 Å². The number of amides is 3. The summed E-state index contributed by atoms with van der Waals surface area (Å²) in [5.74, 6) is -0.975. The van der Waals surface area contributed by atoms with E-state index < -0.39 is 5.54 Å². The molecule has 1 aromatic carbocycles. The van der Waals surface area contributed by atoms with E-state index in [9.17, 15) is 14.4 Å². The highest BCUT2D eigenvalue weighted by Gasteiger charge is 2.38. The Balaban J connectivity index is 0.00000280. The van der Waals surface area contributed by atoms with Crippen LogP contribution in [0.5, 0.6) is 0 Å². The maximum absolute atomic E-state index is 12.7. The first-order chi connectivity index (χ1) is 12.9. The summed E-state index contributed by atoms with van der Waals surface area (Å²) in [6.45, 7) is 5.21. The van der Waals surface area contributed by atoms with Gasteiger partial charge >= 0.3 is 0 Å². The molecule has 1 atom stereocenters. The molecule has 0 spiro atoms. The highest BCUT2D eigenvalue weighted by atomic mass is 35.5. The third-order valence-electron chi connectivity index (χ3n) is 5.77. The van der Waals surface area contributed by atoms with Gasteiger partial charge in [-0.1, -0.05) is 13.8 Å². The van der Waals surface area contributed by atoms with Crippen LogP contribution in [0.2, 0.25) is 0 Å². The first-order valence-corrected chi connectivity index (χ1v) is 9.59. The van der Waals surface area contributed by atoms with Crippen LogP contribution in [0.15, 0.2) is 18.2 Å². The summed E-state index contributed by atoms with van der Waals surface area (Å²) in [4.78, 5) is 39.2. The van der Waals surface area contributed by atoms with Crippen LogP contribution in [0.4, 0.5) is 0 Å². The van der Waals surface area contributed by atoms with Crippen LogP contribution in [-0.2, 0) is 4.74 Å². The fourth-order valence-corrected chi connectivity index (χ4v) is 3.67. The number of imide groups is 1. The number of fused-ring (bicyclic) bond motifs is 1. The molecule has 0 bridgehead atoms. The van der Waals surface area contributed by atoms with Crippen LogP contribution in [0.3, 0.4) is 0 Å². The van der Waals surface area contributed by atoms with Gasteiger partial charge in [-0.25, -0.2) is 0 Å². The van der Waals surface area contributed by atoms with Crippen molar-refractivity contribution in [2.75, 3.05) is 19.7 Å². The van der Waals surface area contributed by atoms with Gasteiger partial charge in [0.1, 0.15) is 0 Å². The van der Waals surface area contributed by atoms with Crippen molar-refractivity contribution >= 4 is 30.1 Å². The van der Waals surface area contributed by atoms with Crippen LogP contribution in [0, 0.1) is 0 Å². The van der Waals surface area contributed by atoms with Gasteiger partial charge in [-0.2, -0.15) is 0 Å². The Morgan fingerprint density at radius 2 is 1.93 bits per heavy atom. The Hall–Kier alpha value is -1.96. The number of nitrogens with one attached hydrogen (secondary N) is 1. The molecule has 0 aromatic heterocycles. The van der Waals surface area contributed by atoms with Gasteiger partial charge in [0, 0.05) is 18.7 Å². The van der Waals surface area contributed by atoms with Crippen LogP contribution in [-0.4, -0.2) is 54.0 Å². The van der Waals surface area contributed by atoms with Crippen molar-refractivity contribution in [2.24, 2.45) is 5.73 Å². The zero-order chi connectivity index (χ0) is 19.6. The van der Waals surface area contributed by atoms with Crippen LogP contribution in [0.1, 0.15) is 70.6 Å². The smallest absolute Gasteiger partial charge is 0.261 e. The molecular formula is C20H28ClN3O4. The fourth-order valence-electron chi connectivity index (χ4n) is 3.67. The van der Waals surface area contributed by atoms with Gasteiger partial charge in [-0.05, 0) is 43.9 Å². The van der Waals surface area contributed by atoms with Gasteiger partial charge in [-0.15, -0.1) is 12.4 Å². The zero-order valence-corrected chi connectivity index (χ0v) is 17.1. The topological polar surface area (TPSA) is 102 Å². The van der Waals surface area contributed by atoms with Crippen molar-refractivity contribution in [3.8, 4) is 0 Å². The van der Waals surface area contributed by atoms with Crippen molar-refractivity contribution in [3.63, 3.8) is 0 Å². The minimum atomic E-state index is -0.470. The van der Waals surface area contributed by atoms with Gasteiger partial charge in [-0.3, -0.25) is 19.3 Å². The summed E-state index contributed by atoms with van der Waals surface area (Å²) in [7, 11) is 0. The number of halogens is 1. The number of nitrogens with zero attached hydrogens (tertiary/aromatic N) is 1. The molecule has 154 valence electrons. The molecule has 1 aromatic rings. The van der Waals surface area contributed by atoms with Crippen molar-refractivity contribution < 1.29 is 19.1 Å². The van der Waals surface area contributed by atoms with E-state index in [0.29, 0.717) is 37.1 Å². The monoisotopic (exact) mass is 409 g/mol. The second kappa shape index (κ2) is 9.03. The molecule has 2 aliphatic rings. The summed E-state index contributed by atoms with van der Waals surface area (Å²) in [5.41, 5.74) is 6.35. The molecule has 7 nitrogen and oxygen atoms in total. The number of carbonyl (C=O) groups excluding carboxylic acids is 3. The van der Waals surface area contributed by atoms with Gasteiger partial charge in [0.2, 0.25) is 0 Å². The number of hydrogen-bond acceptors (Lipinski definition) is 5. The largest absolute Gasteiger partial charge is 0.376 e. The van der Waals surface area contributed by atoms with E-state index in [-0.39, 0.29) is 48.3 Å². The van der Waals surface area contributed by atoms with Crippen molar-refractivity contribution in [1.82, 2.24) is 10.2 Å². The molecule has 3 N–H and O–H groups in total. The molecule has 1 fully saturated rings. The number of rotatable bonds is 7. The zero-order valence-electron chi connectivity index (χ0n) is 16.3. The maximum atomic E-state index is 12.7. The Morgan fingerprint density at radius 1 is 1.25 bits per heavy atom. The summed E-state index contributed by atoms with van der Waals surface area (Å²) in [5, 5.41) is 2.99. The molecular weight excluding hydrogens is 382 g/mol. The van der Waals surface area contributed by atoms with Crippen molar-refractivity contribution in [3.05, 3.63) is 34.9 Å². The molecule has 0 radical (unpaired) electrons.